The Balaban J connectivity index is 1.99. The van der Waals surface area contributed by atoms with E-state index in [1.807, 2.05) is 47.2 Å². The minimum atomic E-state index is 0.581. The second-order valence-corrected chi connectivity index (χ2v) is 5.08. The molecular formula is C13H13N5S. The lowest BCUT2D eigenvalue weighted by molar-refractivity contribution is 0.879. The lowest BCUT2D eigenvalue weighted by Gasteiger charge is -2.07. The molecule has 0 spiro atoms. The summed E-state index contributed by atoms with van der Waals surface area (Å²) < 4.78 is 2.04. The highest BCUT2D eigenvalue weighted by Crippen LogP contribution is 2.17. The van der Waals surface area contributed by atoms with Gasteiger partial charge >= 0.3 is 0 Å². The molecule has 6 heteroatoms. The molecule has 0 aliphatic heterocycles. The number of nitrogen functional groups attached to an aromatic ring is 1. The van der Waals surface area contributed by atoms with Gasteiger partial charge in [-0.15, -0.1) is 21.5 Å². The van der Waals surface area contributed by atoms with E-state index in [4.69, 9.17) is 5.73 Å². The second kappa shape index (κ2) is 4.81. The van der Waals surface area contributed by atoms with Crippen LogP contribution in [0.4, 0.5) is 5.13 Å². The van der Waals surface area contributed by atoms with Crippen LogP contribution in [0.5, 0.6) is 0 Å². The normalized spacial score (nSPS) is 10.8. The molecule has 1 aromatic carbocycles. The van der Waals surface area contributed by atoms with Crippen LogP contribution in [0.2, 0.25) is 0 Å². The van der Waals surface area contributed by atoms with Crippen LogP contribution in [-0.4, -0.2) is 19.7 Å². The highest BCUT2D eigenvalue weighted by Gasteiger charge is 2.12. The van der Waals surface area contributed by atoms with E-state index < -0.39 is 0 Å². The molecule has 3 rings (SSSR count). The van der Waals surface area contributed by atoms with E-state index in [1.165, 1.54) is 11.3 Å². The van der Waals surface area contributed by atoms with Crippen molar-refractivity contribution in [3.05, 3.63) is 53.1 Å². The number of benzene rings is 1. The number of hydrogen-bond donors (Lipinski definition) is 1. The minimum absolute atomic E-state index is 0.581. The smallest absolute Gasteiger partial charge is 0.180 e. The molecule has 0 unspecified atom stereocenters. The predicted molar refractivity (Wildman–Crippen MR) is 75.4 cm³/mol. The number of nitrogens with two attached hydrogens (primary N) is 1. The lowest BCUT2D eigenvalue weighted by atomic mass is 10.2. The molecule has 0 fully saturated rings. The zero-order valence-corrected chi connectivity index (χ0v) is 11.3. The maximum atomic E-state index is 5.65. The Labute approximate surface area is 114 Å². The number of aromatic nitrogens is 4. The Morgan fingerprint density at radius 1 is 1.21 bits per heavy atom. The SMILES string of the molecule is Cc1nnc(Cc2csc(N)n2)n1-c1ccccc1. The lowest BCUT2D eigenvalue weighted by Crippen LogP contribution is -2.04. The fourth-order valence-corrected chi connectivity index (χ4v) is 2.56. The summed E-state index contributed by atoms with van der Waals surface area (Å²) in [7, 11) is 0. The van der Waals surface area contributed by atoms with Crippen LogP contribution in [0.3, 0.4) is 0 Å². The molecule has 0 amide bonds. The van der Waals surface area contributed by atoms with Gasteiger partial charge in [-0.1, -0.05) is 18.2 Å². The molecule has 3 aromatic rings. The molecule has 0 atom stereocenters. The summed E-state index contributed by atoms with van der Waals surface area (Å²) >= 11 is 1.44. The first-order chi connectivity index (χ1) is 9.24. The zero-order chi connectivity index (χ0) is 13.2. The maximum Gasteiger partial charge on any atom is 0.180 e. The number of rotatable bonds is 3. The first-order valence-electron chi connectivity index (χ1n) is 5.90. The van der Waals surface area contributed by atoms with Gasteiger partial charge in [0, 0.05) is 11.1 Å². The number of hydrogen-bond acceptors (Lipinski definition) is 5. The molecule has 0 radical (unpaired) electrons. The quantitative estimate of drug-likeness (QED) is 0.793. The number of aryl methyl sites for hydroxylation is 1. The molecule has 0 saturated carbocycles. The van der Waals surface area contributed by atoms with E-state index in [0.717, 1.165) is 23.0 Å². The second-order valence-electron chi connectivity index (χ2n) is 4.19. The van der Waals surface area contributed by atoms with Crippen LogP contribution >= 0.6 is 11.3 Å². The molecule has 0 aliphatic carbocycles. The van der Waals surface area contributed by atoms with Crippen molar-refractivity contribution >= 4 is 16.5 Å². The van der Waals surface area contributed by atoms with Gasteiger partial charge in [-0.3, -0.25) is 4.57 Å². The molecule has 2 heterocycles. The first-order valence-corrected chi connectivity index (χ1v) is 6.78. The van der Waals surface area contributed by atoms with Crippen molar-refractivity contribution in [1.29, 1.82) is 0 Å². The van der Waals surface area contributed by atoms with E-state index in [9.17, 15) is 0 Å². The van der Waals surface area contributed by atoms with Crippen LogP contribution in [0.15, 0.2) is 35.7 Å². The zero-order valence-electron chi connectivity index (χ0n) is 10.4. The molecule has 19 heavy (non-hydrogen) atoms. The Morgan fingerprint density at radius 2 is 2.00 bits per heavy atom. The Kier molecular flexibility index (Phi) is 3.00. The van der Waals surface area contributed by atoms with Gasteiger partial charge < -0.3 is 5.73 Å². The Bertz CT molecular complexity index is 686. The minimum Gasteiger partial charge on any atom is -0.375 e. The van der Waals surface area contributed by atoms with Gasteiger partial charge in [0.1, 0.15) is 11.6 Å². The number of nitrogens with zero attached hydrogens (tertiary/aromatic N) is 4. The van der Waals surface area contributed by atoms with Gasteiger partial charge in [-0.05, 0) is 19.1 Å². The van der Waals surface area contributed by atoms with Crippen molar-refractivity contribution in [2.45, 2.75) is 13.3 Å². The van der Waals surface area contributed by atoms with E-state index in [1.54, 1.807) is 0 Å². The summed E-state index contributed by atoms with van der Waals surface area (Å²) in [4.78, 5) is 4.27. The van der Waals surface area contributed by atoms with Crippen molar-refractivity contribution in [3.63, 3.8) is 0 Å². The van der Waals surface area contributed by atoms with E-state index in [2.05, 4.69) is 15.2 Å². The molecule has 2 N–H and O–H groups in total. The van der Waals surface area contributed by atoms with Crippen LogP contribution in [0.1, 0.15) is 17.3 Å². The molecule has 5 nitrogen and oxygen atoms in total. The van der Waals surface area contributed by atoms with E-state index in [-0.39, 0.29) is 0 Å². The third-order valence-electron chi connectivity index (χ3n) is 2.82. The third-order valence-corrected chi connectivity index (χ3v) is 3.54. The summed E-state index contributed by atoms with van der Waals surface area (Å²) in [6, 6.07) is 10.1. The van der Waals surface area contributed by atoms with Crippen LogP contribution < -0.4 is 5.73 Å². The van der Waals surface area contributed by atoms with Crippen LogP contribution in [0, 0.1) is 6.92 Å². The van der Waals surface area contributed by atoms with Gasteiger partial charge in [0.15, 0.2) is 5.13 Å². The average Bonchev–Trinajstić information content (AvgIpc) is 2.98. The number of anilines is 1. The van der Waals surface area contributed by atoms with Gasteiger partial charge in [0.05, 0.1) is 12.1 Å². The van der Waals surface area contributed by atoms with Crippen molar-refractivity contribution in [2.75, 3.05) is 5.73 Å². The van der Waals surface area contributed by atoms with Crippen molar-refractivity contribution in [3.8, 4) is 5.69 Å². The van der Waals surface area contributed by atoms with E-state index in [0.29, 0.717) is 11.6 Å². The molecular weight excluding hydrogens is 258 g/mol. The fourth-order valence-electron chi connectivity index (χ4n) is 2.00. The van der Waals surface area contributed by atoms with E-state index >= 15 is 0 Å². The highest BCUT2D eigenvalue weighted by atomic mass is 32.1. The van der Waals surface area contributed by atoms with Crippen molar-refractivity contribution < 1.29 is 0 Å². The summed E-state index contributed by atoms with van der Waals surface area (Å²) in [5, 5.41) is 10.9. The van der Waals surface area contributed by atoms with Crippen LogP contribution in [0.25, 0.3) is 5.69 Å². The number of para-hydroxylation sites is 1. The van der Waals surface area contributed by atoms with Gasteiger partial charge in [0.25, 0.3) is 0 Å². The standard InChI is InChI=1S/C13H13N5S/c1-9-16-17-12(7-10-8-19-13(14)15-10)18(9)11-5-3-2-4-6-11/h2-6,8H,7H2,1H3,(H2,14,15). The van der Waals surface area contributed by atoms with Gasteiger partial charge in [-0.2, -0.15) is 0 Å². The topological polar surface area (TPSA) is 69.6 Å². The molecule has 0 bridgehead atoms. The largest absolute Gasteiger partial charge is 0.375 e. The van der Waals surface area contributed by atoms with Crippen molar-refractivity contribution in [2.24, 2.45) is 0 Å². The fraction of sp³-hybridized carbons (Fsp3) is 0.154. The maximum absolute atomic E-state index is 5.65. The van der Waals surface area contributed by atoms with Crippen LogP contribution in [-0.2, 0) is 6.42 Å². The monoisotopic (exact) mass is 271 g/mol. The Morgan fingerprint density at radius 3 is 2.68 bits per heavy atom. The highest BCUT2D eigenvalue weighted by molar-refractivity contribution is 7.13. The average molecular weight is 271 g/mol. The van der Waals surface area contributed by atoms with Crippen molar-refractivity contribution in [1.82, 2.24) is 19.7 Å². The summed E-state index contributed by atoms with van der Waals surface area (Å²) in [6.45, 7) is 1.94. The molecule has 96 valence electrons. The summed E-state index contributed by atoms with van der Waals surface area (Å²) in [6.07, 6.45) is 0.628. The molecule has 0 saturated heterocycles. The molecule has 0 aliphatic rings. The van der Waals surface area contributed by atoms with Gasteiger partial charge in [0.2, 0.25) is 0 Å². The number of thiazole rings is 1. The third kappa shape index (κ3) is 2.34. The first kappa shape index (κ1) is 11.9. The molecule has 2 aromatic heterocycles. The summed E-state index contributed by atoms with van der Waals surface area (Å²) in [5.74, 6) is 1.73. The Hall–Kier alpha value is -2.21. The summed E-state index contributed by atoms with van der Waals surface area (Å²) in [5.41, 5.74) is 7.63. The van der Waals surface area contributed by atoms with Gasteiger partial charge in [-0.25, -0.2) is 4.98 Å². The predicted octanol–water partition coefficient (Wildman–Crippen LogP) is 2.21.